The number of sulfone groups is 1. The molecule has 0 atom stereocenters. The summed E-state index contributed by atoms with van der Waals surface area (Å²) in [4.78, 5) is 14.3. The molecule has 0 aromatic heterocycles. The van der Waals surface area contributed by atoms with E-state index in [0.717, 1.165) is 38.2 Å². The van der Waals surface area contributed by atoms with Gasteiger partial charge in [0, 0.05) is 18.3 Å². The van der Waals surface area contributed by atoms with Crippen molar-refractivity contribution in [1.82, 2.24) is 5.32 Å². The highest BCUT2D eigenvalue weighted by Crippen LogP contribution is 2.43. The molecule has 1 amide bonds. The summed E-state index contributed by atoms with van der Waals surface area (Å²) in [6, 6.07) is 3.79. The molecule has 4 rings (SSSR count). The third-order valence-corrected chi connectivity index (χ3v) is 6.92. The summed E-state index contributed by atoms with van der Waals surface area (Å²) in [5.41, 5.74) is 1.02. The van der Waals surface area contributed by atoms with Crippen LogP contribution in [0.4, 0.5) is 10.1 Å². The van der Waals surface area contributed by atoms with E-state index in [0.29, 0.717) is 24.4 Å². The number of nitrogens with one attached hydrogen (secondary N) is 1. The zero-order valence-electron chi connectivity index (χ0n) is 13.2. The number of nitrogens with zero attached hydrogens (tertiary/aromatic N) is 1. The van der Waals surface area contributed by atoms with Crippen molar-refractivity contribution < 1.29 is 17.6 Å². The molecule has 5 nitrogen and oxygen atoms in total. The maximum absolute atomic E-state index is 13.6. The van der Waals surface area contributed by atoms with Gasteiger partial charge in [-0.25, -0.2) is 12.8 Å². The lowest BCUT2D eigenvalue weighted by molar-refractivity contribution is -0.117. The predicted octanol–water partition coefficient (Wildman–Crippen LogP) is 2.48. The molecule has 2 aliphatic heterocycles. The van der Waals surface area contributed by atoms with Crippen LogP contribution in [0.5, 0.6) is 0 Å². The molecule has 2 fully saturated rings. The van der Waals surface area contributed by atoms with E-state index in [-0.39, 0.29) is 15.8 Å². The van der Waals surface area contributed by atoms with E-state index >= 15 is 0 Å². The Labute approximate surface area is 140 Å². The Bertz CT molecular complexity index is 841. The normalized spacial score (nSPS) is 22.5. The van der Waals surface area contributed by atoms with Crippen LogP contribution in [0, 0.1) is 5.82 Å². The highest BCUT2D eigenvalue weighted by Gasteiger charge is 2.42. The Morgan fingerprint density at radius 1 is 1.21 bits per heavy atom. The second-order valence-corrected chi connectivity index (χ2v) is 8.46. The molecule has 1 aromatic rings. The third kappa shape index (κ3) is 2.33. The van der Waals surface area contributed by atoms with Gasteiger partial charge in [0.1, 0.15) is 5.82 Å². The summed E-state index contributed by atoms with van der Waals surface area (Å²) in [6.45, 7) is 0.643. The molecule has 1 aromatic carbocycles. The number of amides is 1. The topological polar surface area (TPSA) is 66.5 Å². The highest BCUT2D eigenvalue weighted by atomic mass is 32.2. The smallest absolute Gasteiger partial charge is 0.265 e. The van der Waals surface area contributed by atoms with Gasteiger partial charge in [0.25, 0.3) is 5.91 Å². The van der Waals surface area contributed by atoms with E-state index in [1.54, 1.807) is 0 Å². The lowest BCUT2D eigenvalue weighted by Gasteiger charge is -2.30. The van der Waals surface area contributed by atoms with Crippen molar-refractivity contribution in [3.63, 3.8) is 0 Å². The number of halogens is 1. The molecule has 7 heteroatoms. The average Bonchev–Trinajstić information content (AvgIpc) is 3.18. The zero-order chi connectivity index (χ0) is 16.9. The van der Waals surface area contributed by atoms with Gasteiger partial charge in [-0.3, -0.25) is 4.79 Å². The number of allylic oxidation sites excluding steroid dienone is 1. The first-order chi connectivity index (χ1) is 11.5. The molecule has 1 saturated carbocycles. The van der Waals surface area contributed by atoms with Crippen molar-refractivity contribution in [1.29, 1.82) is 0 Å². The number of carbonyl (C=O) groups excluding carboxylic acids is 1. The van der Waals surface area contributed by atoms with Crippen LogP contribution in [-0.4, -0.2) is 26.9 Å². The standard InChI is InChI=1S/C17H19FN2O3S/c18-11-7-8-13-15(10-11)24(22,23)16(14-6-3-9-20(13)14)17(21)19-12-4-1-2-5-12/h7-8,10,12H,1-6,9H2,(H,19,21). The maximum Gasteiger partial charge on any atom is 0.265 e. The van der Waals surface area contributed by atoms with Crippen LogP contribution in [0.25, 0.3) is 0 Å². The van der Waals surface area contributed by atoms with E-state index in [9.17, 15) is 17.6 Å². The number of hydrogen-bond donors (Lipinski definition) is 1. The van der Waals surface area contributed by atoms with Crippen LogP contribution in [0.2, 0.25) is 0 Å². The van der Waals surface area contributed by atoms with Crippen LogP contribution in [0.1, 0.15) is 38.5 Å². The Morgan fingerprint density at radius 2 is 1.96 bits per heavy atom. The molecule has 128 valence electrons. The van der Waals surface area contributed by atoms with Gasteiger partial charge in [-0.2, -0.15) is 0 Å². The van der Waals surface area contributed by atoms with Crippen molar-refractivity contribution in [2.75, 3.05) is 11.4 Å². The largest absolute Gasteiger partial charge is 0.349 e. The van der Waals surface area contributed by atoms with Crippen molar-refractivity contribution in [2.24, 2.45) is 0 Å². The zero-order valence-corrected chi connectivity index (χ0v) is 14.0. The molecule has 1 aliphatic carbocycles. The monoisotopic (exact) mass is 350 g/mol. The quantitative estimate of drug-likeness (QED) is 0.890. The summed E-state index contributed by atoms with van der Waals surface area (Å²) in [6.07, 6.45) is 5.17. The fourth-order valence-electron chi connectivity index (χ4n) is 3.94. The fourth-order valence-corrected chi connectivity index (χ4v) is 5.71. The molecule has 3 aliphatic rings. The maximum atomic E-state index is 13.6. The minimum atomic E-state index is -4.01. The van der Waals surface area contributed by atoms with Crippen molar-refractivity contribution >= 4 is 21.4 Å². The van der Waals surface area contributed by atoms with Gasteiger partial charge < -0.3 is 10.2 Å². The van der Waals surface area contributed by atoms with E-state index in [2.05, 4.69) is 5.32 Å². The van der Waals surface area contributed by atoms with Gasteiger partial charge in [0.05, 0.1) is 10.6 Å². The average molecular weight is 350 g/mol. The molecular weight excluding hydrogens is 331 g/mol. The molecule has 0 bridgehead atoms. The van der Waals surface area contributed by atoms with E-state index in [1.807, 2.05) is 4.90 Å². The van der Waals surface area contributed by atoms with Crippen LogP contribution in [-0.2, 0) is 14.6 Å². The second-order valence-electron chi connectivity index (χ2n) is 6.60. The number of fused-ring (bicyclic) bond motifs is 3. The van der Waals surface area contributed by atoms with E-state index < -0.39 is 21.6 Å². The van der Waals surface area contributed by atoms with Crippen LogP contribution < -0.4 is 10.2 Å². The summed E-state index contributed by atoms with van der Waals surface area (Å²) in [5.74, 6) is -1.16. The van der Waals surface area contributed by atoms with Crippen molar-refractivity contribution in [2.45, 2.75) is 49.5 Å². The second kappa shape index (κ2) is 5.58. The number of benzene rings is 1. The number of carbonyl (C=O) groups is 1. The molecule has 0 unspecified atom stereocenters. The van der Waals surface area contributed by atoms with E-state index in [4.69, 9.17) is 0 Å². The number of rotatable bonds is 2. The first-order valence-corrected chi connectivity index (χ1v) is 9.83. The van der Waals surface area contributed by atoms with Crippen LogP contribution in [0.3, 0.4) is 0 Å². The first-order valence-electron chi connectivity index (χ1n) is 8.34. The SMILES string of the molecule is O=C(NC1CCCC1)C1=C2CCCN2c2ccc(F)cc2S1(=O)=O. The summed E-state index contributed by atoms with van der Waals surface area (Å²) < 4.78 is 39.6. The number of hydrogen-bond acceptors (Lipinski definition) is 4. The van der Waals surface area contributed by atoms with Crippen molar-refractivity contribution in [3.8, 4) is 0 Å². The molecule has 1 N–H and O–H groups in total. The van der Waals surface area contributed by atoms with Gasteiger partial charge >= 0.3 is 0 Å². The van der Waals surface area contributed by atoms with Gasteiger partial charge in [-0.05, 0) is 43.9 Å². The first kappa shape index (κ1) is 15.6. The molecule has 0 radical (unpaired) electrons. The lowest BCUT2D eigenvalue weighted by Crippen LogP contribution is -2.39. The van der Waals surface area contributed by atoms with Crippen LogP contribution >= 0.6 is 0 Å². The molecule has 0 spiro atoms. The summed E-state index contributed by atoms with van der Waals surface area (Å²) in [5, 5.41) is 2.87. The van der Waals surface area contributed by atoms with Gasteiger partial charge in [0.2, 0.25) is 9.84 Å². The van der Waals surface area contributed by atoms with Crippen molar-refractivity contribution in [3.05, 3.63) is 34.6 Å². The molecule has 2 heterocycles. The Balaban J connectivity index is 1.81. The summed E-state index contributed by atoms with van der Waals surface area (Å²) >= 11 is 0. The summed E-state index contributed by atoms with van der Waals surface area (Å²) in [7, 11) is -4.01. The predicted molar refractivity (Wildman–Crippen MR) is 87.6 cm³/mol. The van der Waals surface area contributed by atoms with Crippen LogP contribution in [0.15, 0.2) is 33.7 Å². The van der Waals surface area contributed by atoms with Gasteiger partial charge in [0.15, 0.2) is 4.91 Å². The Hall–Kier alpha value is -1.89. The molecule has 1 saturated heterocycles. The molecular formula is C17H19FN2O3S. The molecule has 24 heavy (non-hydrogen) atoms. The Kier molecular flexibility index (Phi) is 3.63. The minimum Gasteiger partial charge on any atom is -0.349 e. The van der Waals surface area contributed by atoms with Gasteiger partial charge in [-0.1, -0.05) is 12.8 Å². The van der Waals surface area contributed by atoms with Gasteiger partial charge in [-0.15, -0.1) is 0 Å². The minimum absolute atomic E-state index is 0.0320. The lowest BCUT2D eigenvalue weighted by atomic mass is 10.2. The fraction of sp³-hybridized carbons (Fsp3) is 0.471. The Morgan fingerprint density at radius 3 is 2.71 bits per heavy atom. The third-order valence-electron chi connectivity index (χ3n) is 5.05. The van der Waals surface area contributed by atoms with E-state index in [1.165, 1.54) is 12.1 Å². The highest BCUT2D eigenvalue weighted by molar-refractivity contribution is 7.96. The number of anilines is 1.